The molecule has 6 heteroatoms. The molecule has 2 aromatic heterocycles. The Kier molecular flexibility index (Phi) is 3.72. The van der Waals surface area contributed by atoms with Crippen LogP contribution in [0, 0.1) is 12.3 Å². The average Bonchev–Trinajstić information content (AvgIpc) is 3.61. The van der Waals surface area contributed by atoms with E-state index in [1.165, 1.54) is 11.3 Å². The van der Waals surface area contributed by atoms with E-state index in [0.29, 0.717) is 11.8 Å². The Morgan fingerprint density at radius 3 is 2.70 bits per heavy atom. The number of aromatic nitrogens is 3. The third kappa shape index (κ3) is 2.70. The zero-order valence-corrected chi connectivity index (χ0v) is 17.4. The van der Waals surface area contributed by atoms with Crippen molar-refractivity contribution in [1.82, 2.24) is 19.7 Å². The number of ketones is 1. The minimum absolute atomic E-state index is 0.0353. The molecule has 3 aromatic rings. The number of rotatable bonds is 4. The van der Waals surface area contributed by atoms with Gasteiger partial charge in [-0.15, -0.1) is 0 Å². The van der Waals surface area contributed by atoms with Crippen molar-refractivity contribution in [3.8, 4) is 11.1 Å². The predicted octanol–water partition coefficient (Wildman–Crippen LogP) is 3.62. The molecule has 2 unspecified atom stereocenters. The molecule has 2 aliphatic carbocycles. The zero-order chi connectivity index (χ0) is 20.5. The highest BCUT2D eigenvalue weighted by molar-refractivity contribution is 6.05. The Morgan fingerprint density at radius 2 is 2.00 bits per heavy atom. The molecule has 2 saturated carbocycles. The topological polar surface area (TPSA) is 63.1 Å². The summed E-state index contributed by atoms with van der Waals surface area (Å²) in [6.45, 7) is 3.93. The van der Waals surface area contributed by atoms with Crippen LogP contribution < -0.4 is 5.32 Å². The van der Waals surface area contributed by atoms with Gasteiger partial charge < -0.3 is 5.32 Å². The van der Waals surface area contributed by atoms with Crippen LogP contribution in [0.5, 0.6) is 0 Å². The highest BCUT2D eigenvalue weighted by Crippen LogP contribution is 2.65. The highest BCUT2D eigenvalue weighted by atomic mass is 16.1. The SMILES string of the molecule is Cc1ncccc1-c1ccc(Nc2nn(C)c3c2CN(C2CC24CC4=O)CC3)cc1. The molecule has 1 aromatic carbocycles. The normalized spacial score (nSPS) is 24.7. The number of carbonyl (C=O) groups excluding carboxylic acids is 1. The number of hydrogen-bond donors (Lipinski definition) is 1. The van der Waals surface area contributed by atoms with Crippen LogP contribution in [-0.4, -0.2) is 38.0 Å². The van der Waals surface area contributed by atoms with Crippen LogP contribution >= 0.6 is 0 Å². The van der Waals surface area contributed by atoms with E-state index < -0.39 is 0 Å². The van der Waals surface area contributed by atoms with Gasteiger partial charge in [0.05, 0.1) is 5.41 Å². The van der Waals surface area contributed by atoms with Crippen molar-refractivity contribution < 1.29 is 4.79 Å². The zero-order valence-electron chi connectivity index (χ0n) is 17.4. The Morgan fingerprint density at radius 1 is 1.20 bits per heavy atom. The van der Waals surface area contributed by atoms with E-state index >= 15 is 0 Å². The number of anilines is 2. The minimum Gasteiger partial charge on any atom is -0.338 e. The molecular weight excluding hydrogens is 374 g/mol. The van der Waals surface area contributed by atoms with Crippen LogP contribution in [0.1, 0.15) is 29.8 Å². The van der Waals surface area contributed by atoms with Crippen LogP contribution in [0.25, 0.3) is 11.1 Å². The van der Waals surface area contributed by atoms with Crippen molar-refractivity contribution in [1.29, 1.82) is 0 Å². The number of Topliss-reactive ketones (excluding diaryl/α,β-unsaturated/α-hetero) is 1. The molecule has 0 radical (unpaired) electrons. The molecule has 30 heavy (non-hydrogen) atoms. The highest BCUT2D eigenvalue weighted by Gasteiger charge is 2.72. The number of benzene rings is 1. The fraction of sp³-hybridized carbons (Fsp3) is 0.375. The Hall–Kier alpha value is -2.99. The van der Waals surface area contributed by atoms with Gasteiger partial charge in [0.2, 0.25) is 0 Å². The lowest BCUT2D eigenvalue weighted by atomic mass is 10.0. The van der Waals surface area contributed by atoms with E-state index in [1.54, 1.807) is 0 Å². The predicted molar refractivity (Wildman–Crippen MR) is 115 cm³/mol. The van der Waals surface area contributed by atoms with E-state index in [2.05, 4.69) is 45.5 Å². The third-order valence-corrected chi connectivity index (χ3v) is 7.12. The van der Waals surface area contributed by atoms with Crippen LogP contribution in [0.15, 0.2) is 42.6 Å². The Balaban J connectivity index is 1.23. The van der Waals surface area contributed by atoms with Crippen LogP contribution in [0.3, 0.4) is 0 Å². The smallest absolute Gasteiger partial charge is 0.157 e. The van der Waals surface area contributed by atoms with E-state index in [-0.39, 0.29) is 5.41 Å². The average molecular weight is 399 g/mol. The number of nitrogens with one attached hydrogen (secondary N) is 1. The molecule has 152 valence electrons. The largest absolute Gasteiger partial charge is 0.338 e. The van der Waals surface area contributed by atoms with Crippen molar-refractivity contribution in [2.75, 3.05) is 11.9 Å². The molecule has 3 heterocycles. The summed E-state index contributed by atoms with van der Waals surface area (Å²) in [5.74, 6) is 1.39. The van der Waals surface area contributed by atoms with Gasteiger partial charge in [0.25, 0.3) is 0 Å². The number of aryl methyl sites for hydroxylation is 2. The summed E-state index contributed by atoms with van der Waals surface area (Å²) in [5.41, 5.74) is 6.98. The van der Waals surface area contributed by atoms with Gasteiger partial charge in [-0.2, -0.15) is 5.10 Å². The first-order valence-corrected chi connectivity index (χ1v) is 10.7. The number of hydrogen-bond acceptors (Lipinski definition) is 5. The summed E-state index contributed by atoms with van der Waals surface area (Å²) in [6, 6.07) is 13.0. The van der Waals surface area contributed by atoms with Crippen molar-refractivity contribution in [3.05, 3.63) is 59.5 Å². The lowest BCUT2D eigenvalue weighted by molar-refractivity contribution is -0.111. The first kappa shape index (κ1) is 17.8. The fourth-order valence-electron chi connectivity index (χ4n) is 5.14. The number of nitrogens with zero attached hydrogens (tertiary/aromatic N) is 4. The van der Waals surface area contributed by atoms with Gasteiger partial charge in [-0.1, -0.05) is 18.2 Å². The second kappa shape index (κ2) is 6.25. The van der Waals surface area contributed by atoms with Crippen LogP contribution in [0.4, 0.5) is 11.5 Å². The Labute approximate surface area is 175 Å². The number of fused-ring (bicyclic) bond motifs is 1. The second-order valence-corrected chi connectivity index (χ2v) is 8.93. The molecule has 0 amide bonds. The third-order valence-electron chi connectivity index (χ3n) is 7.12. The van der Waals surface area contributed by atoms with Gasteiger partial charge in [0.1, 0.15) is 5.78 Å². The maximum absolute atomic E-state index is 11.8. The first-order chi connectivity index (χ1) is 14.5. The lowest BCUT2D eigenvalue weighted by Gasteiger charge is -2.27. The fourth-order valence-corrected chi connectivity index (χ4v) is 5.14. The van der Waals surface area contributed by atoms with Gasteiger partial charge in [-0.25, -0.2) is 0 Å². The quantitative estimate of drug-likeness (QED) is 0.726. The first-order valence-electron chi connectivity index (χ1n) is 10.7. The van der Waals surface area contributed by atoms with Gasteiger partial charge in [-0.05, 0) is 37.1 Å². The summed E-state index contributed by atoms with van der Waals surface area (Å²) in [4.78, 5) is 18.7. The standard InChI is InChI=1S/C24H25N5O/c1-15-18(4-3-10-25-15)16-5-7-17(8-6-16)26-23-19-14-29(11-9-20(19)28(2)27-23)21-12-24(21)13-22(24)30/h3-8,10,21H,9,11-14H2,1-2H3,(H,26,27). The second-order valence-electron chi connectivity index (χ2n) is 8.93. The van der Waals surface area contributed by atoms with Crippen LogP contribution in [-0.2, 0) is 24.8 Å². The molecule has 1 spiro atoms. The van der Waals surface area contributed by atoms with Gasteiger partial charge in [0, 0.05) is 73.4 Å². The van der Waals surface area contributed by atoms with Gasteiger partial charge in [0.15, 0.2) is 5.82 Å². The summed E-state index contributed by atoms with van der Waals surface area (Å²) in [7, 11) is 2.02. The van der Waals surface area contributed by atoms with E-state index in [1.807, 2.05) is 30.9 Å². The van der Waals surface area contributed by atoms with Gasteiger partial charge in [-0.3, -0.25) is 19.4 Å². The van der Waals surface area contributed by atoms with Crippen molar-refractivity contribution >= 4 is 17.3 Å². The molecule has 6 nitrogen and oxygen atoms in total. The van der Waals surface area contributed by atoms with Crippen molar-refractivity contribution in [2.24, 2.45) is 12.5 Å². The van der Waals surface area contributed by atoms with Crippen LogP contribution in [0.2, 0.25) is 0 Å². The maximum Gasteiger partial charge on any atom is 0.157 e. The molecule has 2 atom stereocenters. The lowest BCUT2D eigenvalue weighted by Crippen LogP contribution is -2.34. The van der Waals surface area contributed by atoms with Crippen molar-refractivity contribution in [3.63, 3.8) is 0 Å². The molecular formula is C24H25N5O. The molecule has 6 rings (SSSR count). The summed E-state index contributed by atoms with van der Waals surface area (Å²) in [5, 5.41) is 8.30. The molecule has 1 aliphatic heterocycles. The number of pyridine rings is 1. The molecule has 3 aliphatic rings. The summed E-state index contributed by atoms with van der Waals surface area (Å²) < 4.78 is 2.01. The van der Waals surface area contributed by atoms with Crippen molar-refractivity contribution in [2.45, 2.75) is 38.8 Å². The van der Waals surface area contributed by atoms with E-state index in [4.69, 9.17) is 5.10 Å². The molecule has 0 saturated heterocycles. The Bertz CT molecular complexity index is 1160. The summed E-state index contributed by atoms with van der Waals surface area (Å²) in [6.07, 6.45) is 4.66. The number of carbonyl (C=O) groups is 1. The van der Waals surface area contributed by atoms with E-state index in [0.717, 1.165) is 60.7 Å². The molecule has 0 bridgehead atoms. The van der Waals surface area contributed by atoms with E-state index in [9.17, 15) is 4.79 Å². The molecule has 2 fully saturated rings. The molecule has 1 N–H and O–H groups in total. The van der Waals surface area contributed by atoms with Gasteiger partial charge >= 0.3 is 0 Å². The summed E-state index contributed by atoms with van der Waals surface area (Å²) >= 11 is 0. The monoisotopic (exact) mass is 399 g/mol. The minimum atomic E-state index is 0.0353. The maximum atomic E-state index is 11.8.